The van der Waals surface area contributed by atoms with Crippen LogP contribution in [-0.2, 0) is 13.2 Å². The molecule has 0 bridgehead atoms. The summed E-state index contributed by atoms with van der Waals surface area (Å²) in [7, 11) is 0. The molecular weight excluding hydrogens is 294 g/mol. The molecule has 3 nitrogen and oxygen atoms in total. The van der Waals surface area contributed by atoms with Gasteiger partial charge in [-0.2, -0.15) is 0 Å². The predicted molar refractivity (Wildman–Crippen MR) is 73.4 cm³/mol. The largest absolute Gasteiger partial charge is 0.486 e. The molecular formula is C14H14BrNO2. The van der Waals surface area contributed by atoms with Crippen molar-refractivity contribution in [1.82, 2.24) is 4.98 Å². The fourth-order valence-electron chi connectivity index (χ4n) is 1.67. The van der Waals surface area contributed by atoms with Crippen molar-refractivity contribution < 1.29 is 9.84 Å². The zero-order valence-corrected chi connectivity index (χ0v) is 11.6. The van der Waals surface area contributed by atoms with Crippen molar-refractivity contribution in [2.45, 2.75) is 20.1 Å². The Morgan fingerprint density at radius 3 is 2.72 bits per heavy atom. The summed E-state index contributed by atoms with van der Waals surface area (Å²) < 4.78 is 6.57. The molecule has 0 spiro atoms. The van der Waals surface area contributed by atoms with E-state index in [0.29, 0.717) is 12.4 Å². The summed E-state index contributed by atoms with van der Waals surface area (Å²) in [4.78, 5) is 4.37. The first-order valence-electron chi connectivity index (χ1n) is 5.64. The first-order chi connectivity index (χ1) is 8.70. The molecule has 1 heterocycles. The maximum absolute atomic E-state index is 9.27. The lowest BCUT2D eigenvalue weighted by Crippen LogP contribution is -2.02. The molecule has 0 radical (unpaired) electrons. The number of aryl methyl sites for hydroxylation is 1. The summed E-state index contributed by atoms with van der Waals surface area (Å²) in [6, 6.07) is 11.4. The van der Waals surface area contributed by atoms with E-state index < -0.39 is 0 Å². The van der Waals surface area contributed by atoms with Crippen LogP contribution in [-0.4, -0.2) is 10.1 Å². The molecule has 4 heteroatoms. The minimum absolute atomic E-state index is 0.0456. The molecule has 0 atom stereocenters. The van der Waals surface area contributed by atoms with Crippen LogP contribution in [0, 0.1) is 6.92 Å². The van der Waals surface area contributed by atoms with Crippen LogP contribution in [0.15, 0.2) is 40.9 Å². The summed E-state index contributed by atoms with van der Waals surface area (Å²) in [6.45, 7) is 2.29. The topological polar surface area (TPSA) is 42.4 Å². The molecule has 1 aromatic heterocycles. The Labute approximate surface area is 115 Å². The molecule has 0 fully saturated rings. The number of ether oxygens (including phenoxy) is 1. The second kappa shape index (κ2) is 5.98. The minimum Gasteiger partial charge on any atom is -0.486 e. The van der Waals surface area contributed by atoms with Crippen LogP contribution in [0.3, 0.4) is 0 Å². The fraction of sp³-hybridized carbons (Fsp3) is 0.214. The zero-order chi connectivity index (χ0) is 13.0. The SMILES string of the molecule is Cc1cccc(COc2c(Br)cccc2CO)n1. The highest BCUT2D eigenvalue weighted by atomic mass is 79.9. The van der Waals surface area contributed by atoms with Gasteiger partial charge in [0.2, 0.25) is 0 Å². The van der Waals surface area contributed by atoms with Gasteiger partial charge in [0.15, 0.2) is 0 Å². The third kappa shape index (κ3) is 3.09. The van der Waals surface area contributed by atoms with Crippen molar-refractivity contribution >= 4 is 15.9 Å². The number of aliphatic hydroxyl groups excluding tert-OH is 1. The lowest BCUT2D eigenvalue weighted by Gasteiger charge is -2.11. The van der Waals surface area contributed by atoms with Crippen LogP contribution in [0.25, 0.3) is 0 Å². The quantitative estimate of drug-likeness (QED) is 0.943. The minimum atomic E-state index is -0.0456. The summed E-state index contributed by atoms with van der Waals surface area (Å²) >= 11 is 3.42. The number of nitrogens with zero attached hydrogens (tertiary/aromatic N) is 1. The van der Waals surface area contributed by atoms with Gasteiger partial charge in [-0.3, -0.25) is 4.98 Å². The molecule has 2 aromatic rings. The molecule has 2 rings (SSSR count). The summed E-state index contributed by atoms with van der Waals surface area (Å²) in [6.07, 6.45) is 0. The van der Waals surface area contributed by atoms with Crippen LogP contribution in [0.5, 0.6) is 5.75 Å². The number of aliphatic hydroxyl groups is 1. The monoisotopic (exact) mass is 307 g/mol. The van der Waals surface area contributed by atoms with Gasteiger partial charge in [0.25, 0.3) is 0 Å². The predicted octanol–water partition coefficient (Wildman–Crippen LogP) is 3.22. The number of halogens is 1. The Balaban J connectivity index is 2.15. The van der Waals surface area contributed by atoms with Crippen molar-refractivity contribution in [3.8, 4) is 5.75 Å². The molecule has 0 unspecified atom stereocenters. The van der Waals surface area contributed by atoms with E-state index in [4.69, 9.17) is 4.74 Å². The van der Waals surface area contributed by atoms with Gasteiger partial charge in [-0.1, -0.05) is 18.2 Å². The number of hydrogen-bond donors (Lipinski definition) is 1. The number of para-hydroxylation sites is 1. The average molecular weight is 308 g/mol. The van der Waals surface area contributed by atoms with Crippen molar-refractivity contribution in [3.05, 3.63) is 57.8 Å². The van der Waals surface area contributed by atoms with Crippen molar-refractivity contribution in [1.29, 1.82) is 0 Å². The molecule has 1 aromatic carbocycles. The third-order valence-electron chi connectivity index (χ3n) is 2.53. The second-order valence-corrected chi connectivity index (χ2v) is 4.80. The van der Waals surface area contributed by atoms with Gasteiger partial charge in [-0.15, -0.1) is 0 Å². The molecule has 0 amide bonds. The Kier molecular flexibility index (Phi) is 4.33. The number of aromatic nitrogens is 1. The van der Waals surface area contributed by atoms with Gasteiger partial charge < -0.3 is 9.84 Å². The van der Waals surface area contributed by atoms with Gasteiger partial charge in [-0.05, 0) is 41.1 Å². The molecule has 0 aliphatic heterocycles. The highest BCUT2D eigenvalue weighted by Crippen LogP contribution is 2.29. The van der Waals surface area contributed by atoms with Crippen LogP contribution < -0.4 is 4.74 Å². The molecule has 1 N–H and O–H groups in total. The van der Waals surface area contributed by atoms with E-state index in [2.05, 4.69) is 20.9 Å². The molecule has 0 aliphatic carbocycles. The van der Waals surface area contributed by atoms with Crippen LogP contribution >= 0.6 is 15.9 Å². The van der Waals surface area contributed by atoms with E-state index >= 15 is 0 Å². The molecule has 18 heavy (non-hydrogen) atoms. The van der Waals surface area contributed by atoms with Crippen molar-refractivity contribution in [3.63, 3.8) is 0 Å². The van der Waals surface area contributed by atoms with Crippen molar-refractivity contribution in [2.24, 2.45) is 0 Å². The number of pyridine rings is 1. The zero-order valence-electron chi connectivity index (χ0n) is 10.1. The van der Waals surface area contributed by atoms with E-state index in [1.165, 1.54) is 0 Å². The van der Waals surface area contributed by atoms with E-state index in [-0.39, 0.29) is 6.61 Å². The van der Waals surface area contributed by atoms with Crippen LogP contribution in [0.2, 0.25) is 0 Å². The summed E-state index contributed by atoms with van der Waals surface area (Å²) in [5, 5.41) is 9.27. The number of hydrogen-bond acceptors (Lipinski definition) is 3. The van der Waals surface area contributed by atoms with E-state index in [9.17, 15) is 5.11 Å². The Bertz CT molecular complexity index is 543. The number of rotatable bonds is 4. The summed E-state index contributed by atoms with van der Waals surface area (Å²) in [5.74, 6) is 0.670. The lowest BCUT2D eigenvalue weighted by molar-refractivity contribution is 0.256. The van der Waals surface area contributed by atoms with Gasteiger partial charge in [0.1, 0.15) is 12.4 Å². The highest BCUT2D eigenvalue weighted by Gasteiger charge is 2.07. The van der Waals surface area contributed by atoms with E-state index in [0.717, 1.165) is 21.4 Å². The Morgan fingerprint density at radius 2 is 2.00 bits per heavy atom. The smallest absolute Gasteiger partial charge is 0.139 e. The molecule has 0 saturated heterocycles. The molecule has 0 saturated carbocycles. The molecule has 0 aliphatic rings. The van der Waals surface area contributed by atoms with Crippen LogP contribution in [0.1, 0.15) is 17.0 Å². The van der Waals surface area contributed by atoms with E-state index in [1.54, 1.807) is 0 Å². The Hall–Kier alpha value is -1.39. The maximum Gasteiger partial charge on any atom is 0.139 e. The second-order valence-electron chi connectivity index (χ2n) is 3.95. The highest BCUT2D eigenvalue weighted by molar-refractivity contribution is 9.10. The normalized spacial score (nSPS) is 10.4. The van der Waals surface area contributed by atoms with Gasteiger partial charge in [-0.25, -0.2) is 0 Å². The van der Waals surface area contributed by atoms with Gasteiger partial charge >= 0.3 is 0 Å². The first kappa shape index (κ1) is 13.1. The number of benzene rings is 1. The third-order valence-corrected chi connectivity index (χ3v) is 3.15. The standard InChI is InChI=1S/C14H14BrNO2/c1-10-4-2-6-12(16-10)9-18-14-11(8-17)5-3-7-13(14)15/h2-7,17H,8-9H2,1H3. The maximum atomic E-state index is 9.27. The van der Waals surface area contributed by atoms with Crippen LogP contribution in [0.4, 0.5) is 0 Å². The average Bonchev–Trinajstić information content (AvgIpc) is 2.37. The first-order valence-corrected chi connectivity index (χ1v) is 6.43. The van der Waals surface area contributed by atoms with E-state index in [1.807, 2.05) is 43.3 Å². The molecule has 94 valence electrons. The fourth-order valence-corrected chi connectivity index (χ4v) is 2.19. The van der Waals surface area contributed by atoms with Gasteiger partial charge in [0.05, 0.1) is 16.8 Å². The Morgan fingerprint density at radius 1 is 1.22 bits per heavy atom. The summed E-state index contributed by atoms with van der Waals surface area (Å²) in [5.41, 5.74) is 2.59. The lowest BCUT2D eigenvalue weighted by atomic mass is 10.2. The van der Waals surface area contributed by atoms with Crippen molar-refractivity contribution in [2.75, 3.05) is 0 Å². The van der Waals surface area contributed by atoms with Gasteiger partial charge in [0, 0.05) is 11.3 Å².